The minimum atomic E-state index is -0.233. The van der Waals surface area contributed by atoms with E-state index in [9.17, 15) is 10.1 Å². The number of anilines is 2. The molecule has 1 aromatic heterocycles. The van der Waals surface area contributed by atoms with E-state index in [-0.39, 0.29) is 23.9 Å². The largest absolute Gasteiger partial charge is 0.461 e. The van der Waals surface area contributed by atoms with E-state index in [1.807, 2.05) is 7.05 Å². The molecule has 0 radical (unpaired) electrons. The van der Waals surface area contributed by atoms with Crippen molar-refractivity contribution in [2.24, 2.45) is 0 Å². The lowest BCUT2D eigenvalue weighted by molar-refractivity contribution is -0.128. The maximum absolute atomic E-state index is 12.6. The van der Waals surface area contributed by atoms with Gasteiger partial charge in [0.2, 0.25) is 5.91 Å². The van der Waals surface area contributed by atoms with Crippen molar-refractivity contribution in [3.05, 3.63) is 65.9 Å². The number of carbonyl (C=O) groups is 1. The van der Waals surface area contributed by atoms with Crippen LogP contribution in [0.1, 0.15) is 42.5 Å². The third kappa shape index (κ3) is 5.67. The molecule has 1 saturated carbocycles. The lowest BCUT2D eigenvalue weighted by Crippen LogP contribution is -2.55. The van der Waals surface area contributed by atoms with Gasteiger partial charge in [-0.15, -0.1) is 0 Å². The van der Waals surface area contributed by atoms with Gasteiger partial charge in [-0.25, -0.2) is 0 Å². The highest BCUT2D eigenvalue weighted by molar-refractivity contribution is 5.97. The molecule has 1 amide bonds. The van der Waals surface area contributed by atoms with Gasteiger partial charge in [0.25, 0.3) is 0 Å². The molecule has 0 spiro atoms. The van der Waals surface area contributed by atoms with Crippen molar-refractivity contribution in [1.82, 2.24) is 25.1 Å². The molecule has 46 heavy (non-hydrogen) atoms. The monoisotopic (exact) mass is 620 g/mol. The number of amides is 1. The Hall–Kier alpha value is -4.20. The summed E-state index contributed by atoms with van der Waals surface area (Å²) < 4.78 is 6.53. The van der Waals surface area contributed by atoms with Gasteiger partial charge >= 0.3 is 6.01 Å². The zero-order valence-corrected chi connectivity index (χ0v) is 27.0. The summed E-state index contributed by atoms with van der Waals surface area (Å²) in [5.41, 5.74) is 4.67. The number of likely N-dealkylation sites (N-methyl/N-ethyl adjacent to an activating group) is 1. The number of nitrogens with zero attached hydrogens (tertiary/aromatic N) is 7. The quantitative estimate of drug-likeness (QED) is 0.358. The molecule has 2 saturated heterocycles. The second kappa shape index (κ2) is 12.5. The Balaban J connectivity index is 1.20. The number of fused-ring (bicyclic) bond motifs is 2. The van der Waals surface area contributed by atoms with Gasteiger partial charge in [0.1, 0.15) is 12.4 Å². The Morgan fingerprint density at radius 2 is 1.96 bits per heavy atom. The van der Waals surface area contributed by atoms with Gasteiger partial charge < -0.3 is 24.8 Å². The number of carbonyl (C=O) groups excluding carboxylic acids is 1. The van der Waals surface area contributed by atoms with Crippen molar-refractivity contribution in [3.63, 3.8) is 0 Å². The van der Waals surface area contributed by atoms with Crippen LogP contribution in [-0.4, -0.2) is 96.2 Å². The lowest BCUT2D eigenvalue weighted by atomic mass is 9.99. The fraction of sp³-hybridized carbons (Fsp3) is 0.500. The third-order valence-corrected chi connectivity index (χ3v) is 10.6. The highest BCUT2D eigenvalue weighted by Crippen LogP contribution is 2.44. The average Bonchev–Trinajstić information content (AvgIpc) is 3.72. The first-order valence-corrected chi connectivity index (χ1v) is 16.7. The van der Waals surface area contributed by atoms with E-state index in [1.165, 1.54) is 28.1 Å². The third-order valence-electron chi connectivity index (χ3n) is 10.6. The molecule has 1 aliphatic carbocycles. The number of likely N-dealkylation sites (tertiary alicyclic amines) is 1. The summed E-state index contributed by atoms with van der Waals surface area (Å²) in [6.45, 7) is 11.7. The van der Waals surface area contributed by atoms with Gasteiger partial charge in [-0.05, 0) is 62.7 Å². The van der Waals surface area contributed by atoms with Gasteiger partial charge in [-0.3, -0.25) is 9.69 Å². The molecule has 10 heteroatoms. The van der Waals surface area contributed by atoms with Crippen LogP contribution in [0.5, 0.6) is 6.01 Å². The maximum Gasteiger partial charge on any atom is 0.318 e. The molecule has 4 heterocycles. The number of aryl methyl sites for hydroxylation is 1. The molecular weight excluding hydrogens is 576 g/mol. The number of nitrogens with one attached hydrogen (secondary N) is 1. The van der Waals surface area contributed by atoms with Crippen LogP contribution in [0.3, 0.4) is 0 Å². The molecule has 4 aliphatic rings. The predicted molar refractivity (Wildman–Crippen MR) is 180 cm³/mol. The average molecular weight is 621 g/mol. The van der Waals surface area contributed by atoms with Crippen LogP contribution in [0.4, 0.5) is 11.5 Å². The van der Waals surface area contributed by atoms with E-state index in [4.69, 9.17) is 14.7 Å². The molecule has 3 aliphatic heterocycles. The Morgan fingerprint density at radius 1 is 1.13 bits per heavy atom. The zero-order valence-electron chi connectivity index (χ0n) is 27.0. The number of nitriles is 1. The number of benzene rings is 2. The standard InChI is InChI=1S/C36H44N8O2/c1-4-32(45)44-20-19-42(22-28(44)11-16-37)34-29-13-17-41(31-10-6-9-26-8-5-7-25(2)33(26)31)23-30(29)39-35(40-34)46-24-36(14-15-36)43-18-12-27(21-43)38-3/h4-10,27-28,38H,1,11-15,17-24H2,2-3H3/t27-,28-/m0/s1. The van der Waals surface area contributed by atoms with Crippen molar-refractivity contribution in [1.29, 1.82) is 5.26 Å². The fourth-order valence-corrected chi connectivity index (χ4v) is 7.75. The van der Waals surface area contributed by atoms with Gasteiger partial charge in [-0.2, -0.15) is 15.2 Å². The first kappa shape index (κ1) is 30.5. The van der Waals surface area contributed by atoms with E-state index in [0.29, 0.717) is 44.8 Å². The minimum absolute atomic E-state index is 0.0616. The molecule has 1 N–H and O–H groups in total. The van der Waals surface area contributed by atoms with Gasteiger partial charge in [-0.1, -0.05) is 36.9 Å². The first-order valence-electron chi connectivity index (χ1n) is 16.7. The first-order chi connectivity index (χ1) is 22.4. The topological polar surface area (TPSA) is 101 Å². The Labute approximate surface area is 271 Å². The lowest BCUT2D eigenvalue weighted by Gasteiger charge is -2.42. The van der Waals surface area contributed by atoms with Crippen LogP contribution in [0.25, 0.3) is 10.8 Å². The number of ether oxygens (including phenoxy) is 1. The molecule has 2 atom stereocenters. The van der Waals surface area contributed by atoms with E-state index in [2.05, 4.69) is 76.0 Å². The molecule has 3 fully saturated rings. The SMILES string of the molecule is C=CC(=O)N1CCN(c2nc(OCC3(N4CC[C@H](NC)C4)CC3)nc3c2CCN(c2cccc4cccc(C)c24)C3)C[C@@H]1CC#N. The van der Waals surface area contributed by atoms with Crippen molar-refractivity contribution < 1.29 is 9.53 Å². The molecule has 3 aromatic rings. The Morgan fingerprint density at radius 3 is 2.70 bits per heavy atom. The second-order valence-corrected chi connectivity index (χ2v) is 13.3. The van der Waals surface area contributed by atoms with Crippen molar-refractivity contribution in [2.75, 3.05) is 62.7 Å². The molecule has 2 aromatic carbocycles. The van der Waals surface area contributed by atoms with Crippen LogP contribution in [0.15, 0.2) is 49.1 Å². The van der Waals surface area contributed by atoms with Gasteiger partial charge in [0.05, 0.1) is 36.3 Å². The summed E-state index contributed by atoms with van der Waals surface area (Å²) in [6, 6.07) is 16.0. The zero-order chi connectivity index (χ0) is 31.8. The van der Waals surface area contributed by atoms with Crippen LogP contribution in [-0.2, 0) is 17.8 Å². The van der Waals surface area contributed by atoms with Crippen LogP contribution >= 0.6 is 0 Å². The molecule has 0 unspecified atom stereocenters. The van der Waals surface area contributed by atoms with Gasteiger partial charge in [0.15, 0.2) is 0 Å². The summed E-state index contributed by atoms with van der Waals surface area (Å²) in [4.78, 5) is 31.8. The number of piperazine rings is 1. The number of rotatable bonds is 9. The van der Waals surface area contributed by atoms with Crippen molar-refractivity contribution >= 4 is 28.2 Å². The summed E-state index contributed by atoms with van der Waals surface area (Å²) >= 11 is 0. The Bertz CT molecular complexity index is 1680. The summed E-state index contributed by atoms with van der Waals surface area (Å²) in [6.07, 6.45) is 5.81. The smallest absolute Gasteiger partial charge is 0.318 e. The predicted octanol–water partition coefficient (Wildman–Crippen LogP) is 3.82. The summed E-state index contributed by atoms with van der Waals surface area (Å²) in [5, 5.41) is 15.6. The molecule has 10 nitrogen and oxygen atoms in total. The van der Waals surface area contributed by atoms with Crippen LogP contribution in [0, 0.1) is 18.3 Å². The second-order valence-electron chi connectivity index (χ2n) is 13.3. The van der Waals surface area contributed by atoms with Gasteiger partial charge in [0, 0.05) is 61.9 Å². The van der Waals surface area contributed by atoms with E-state index in [0.717, 1.165) is 62.4 Å². The highest BCUT2D eigenvalue weighted by Gasteiger charge is 2.51. The highest BCUT2D eigenvalue weighted by atomic mass is 16.5. The normalized spacial score (nSPS) is 22.4. The molecule has 7 rings (SSSR count). The minimum Gasteiger partial charge on any atom is -0.461 e. The number of hydrogen-bond donors (Lipinski definition) is 1. The van der Waals surface area contributed by atoms with Crippen LogP contribution < -0.4 is 19.9 Å². The molecule has 240 valence electrons. The van der Waals surface area contributed by atoms with E-state index in [1.54, 1.807) is 4.90 Å². The molecule has 0 bridgehead atoms. The summed E-state index contributed by atoms with van der Waals surface area (Å²) in [7, 11) is 2.05. The number of hydrogen-bond acceptors (Lipinski definition) is 9. The van der Waals surface area contributed by atoms with E-state index < -0.39 is 0 Å². The van der Waals surface area contributed by atoms with Crippen molar-refractivity contribution in [3.8, 4) is 12.1 Å². The molecular formula is C36H44N8O2. The maximum atomic E-state index is 12.6. The van der Waals surface area contributed by atoms with Crippen molar-refractivity contribution in [2.45, 2.75) is 63.2 Å². The van der Waals surface area contributed by atoms with E-state index >= 15 is 0 Å². The Kier molecular flexibility index (Phi) is 8.30. The van der Waals surface area contributed by atoms with Crippen LogP contribution in [0.2, 0.25) is 0 Å². The summed E-state index contributed by atoms with van der Waals surface area (Å²) in [5.74, 6) is 0.746. The fourth-order valence-electron chi connectivity index (χ4n) is 7.75. The number of aromatic nitrogens is 2.